The molecule has 1 aliphatic rings. The molecule has 1 aromatic carbocycles. The molecule has 0 saturated heterocycles. The Morgan fingerprint density at radius 2 is 1.94 bits per heavy atom. The van der Waals surface area contributed by atoms with Crippen LogP contribution in [0.4, 0.5) is 0 Å². The maximum Gasteiger partial charge on any atom is 0.244 e. The van der Waals surface area contributed by atoms with Crippen molar-refractivity contribution in [2.24, 2.45) is 0 Å². The number of nitrogens with one attached hydrogen (secondary N) is 1. The van der Waals surface area contributed by atoms with E-state index < -0.39 is 10.0 Å². The Balaban J connectivity index is 2.34. The van der Waals surface area contributed by atoms with Crippen molar-refractivity contribution in [1.82, 2.24) is 4.72 Å². The topological polar surface area (TPSA) is 64.6 Å². The molecular formula is C12H17NO4S. The van der Waals surface area contributed by atoms with Crippen LogP contribution in [-0.4, -0.2) is 28.7 Å². The number of methoxy groups -OCH3 is 2. The molecule has 1 fully saturated rings. The lowest BCUT2D eigenvalue weighted by Gasteiger charge is -2.26. The van der Waals surface area contributed by atoms with Crippen molar-refractivity contribution in [3.63, 3.8) is 0 Å². The normalized spacial score (nSPS) is 16.1. The van der Waals surface area contributed by atoms with E-state index in [0.717, 1.165) is 19.3 Å². The molecule has 1 aromatic rings. The Kier molecular flexibility index (Phi) is 3.77. The fourth-order valence-corrected chi connectivity index (χ4v) is 3.29. The van der Waals surface area contributed by atoms with Gasteiger partial charge in [0.15, 0.2) is 0 Å². The van der Waals surface area contributed by atoms with E-state index in [-0.39, 0.29) is 10.9 Å². The molecule has 0 bridgehead atoms. The van der Waals surface area contributed by atoms with E-state index in [1.54, 1.807) is 12.1 Å². The Morgan fingerprint density at radius 3 is 2.44 bits per heavy atom. The second-order valence-electron chi connectivity index (χ2n) is 4.27. The molecule has 1 aliphatic carbocycles. The van der Waals surface area contributed by atoms with Crippen molar-refractivity contribution in [3.05, 3.63) is 18.2 Å². The zero-order valence-electron chi connectivity index (χ0n) is 10.5. The number of benzene rings is 1. The zero-order valence-corrected chi connectivity index (χ0v) is 11.3. The van der Waals surface area contributed by atoms with Gasteiger partial charge in [0.2, 0.25) is 10.0 Å². The van der Waals surface area contributed by atoms with Crippen LogP contribution in [0.1, 0.15) is 19.3 Å². The van der Waals surface area contributed by atoms with Crippen LogP contribution in [0.25, 0.3) is 0 Å². The lowest BCUT2D eigenvalue weighted by atomic mass is 9.94. The van der Waals surface area contributed by atoms with Gasteiger partial charge in [-0.15, -0.1) is 0 Å². The predicted octanol–water partition coefficient (Wildman–Crippen LogP) is 1.53. The van der Waals surface area contributed by atoms with Gasteiger partial charge in [0.05, 0.1) is 14.2 Å². The van der Waals surface area contributed by atoms with Crippen molar-refractivity contribution in [2.45, 2.75) is 30.2 Å². The summed E-state index contributed by atoms with van der Waals surface area (Å²) in [4.78, 5) is 0.122. The Hall–Kier alpha value is -1.27. The molecule has 100 valence electrons. The molecular weight excluding hydrogens is 254 g/mol. The zero-order chi connectivity index (χ0) is 13.2. The van der Waals surface area contributed by atoms with Gasteiger partial charge in [0, 0.05) is 12.1 Å². The lowest BCUT2D eigenvalue weighted by Crippen LogP contribution is -2.39. The van der Waals surface area contributed by atoms with Crippen LogP contribution in [0.15, 0.2) is 23.1 Å². The van der Waals surface area contributed by atoms with E-state index >= 15 is 0 Å². The SMILES string of the molecule is COc1ccc(OC)c(S(=O)(=O)NC2CCC2)c1. The molecule has 0 unspecified atom stereocenters. The molecule has 5 nitrogen and oxygen atoms in total. The van der Waals surface area contributed by atoms with Gasteiger partial charge in [-0.05, 0) is 25.0 Å². The van der Waals surface area contributed by atoms with Gasteiger partial charge in [-0.25, -0.2) is 13.1 Å². The molecule has 0 aliphatic heterocycles. The summed E-state index contributed by atoms with van der Waals surface area (Å²) in [6.45, 7) is 0. The van der Waals surface area contributed by atoms with Gasteiger partial charge in [0.25, 0.3) is 0 Å². The number of sulfonamides is 1. The summed E-state index contributed by atoms with van der Waals surface area (Å²) in [6.07, 6.45) is 2.86. The minimum atomic E-state index is -3.55. The first-order chi connectivity index (χ1) is 8.56. The van der Waals surface area contributed by atoms with E-state index in [1.807, 2.05) is 0 Å². The van der Waals surface area contributed by atoms with Crippen molar-refractivity contribution < 1.29 is 17.9 Å². The molecule has 1 N–H and O–H groups in total. The van der Waals surface area contributed by atoms with Crippen LogP contribution in [0.2, 0.25) is 0 Å². The second-order valence-corrected chi connectivity index (χ2v) is 5.95. The molecule has 2 rings (SSSR count). The fraction of sp³-hybridized carbons (Fsp3) is 0.500. The number of ether oxygens (including phenoxy) is 2. The van der Waals surface area contributed by atoms with E-state index in [0.29, 0.717) is 11.5 Å². The third-order valence-corrected chi connectivity index (χ3v) is 4.63. The largest absolute Gasteiger partial charge is 0.497 e. The van der Waals surface area contributed by atoms with E-state index in [9.17, 15) is 8.42 Å². The summed E-state index contributed by atoms with van der Waals surface area (Å²) in [5.74, 6) is 0.812. The molecule has 6 heteroatoms. The Labute approximate surface area is 107 Å². The Bertz CT molecular complexity index is 523. The average molecular weight is 271 g/mol. The summed E-state index contributed by atoms with van der Waals surface area (Å²) >= 11 is 0. The first-order valence-corrected chi connectivity index (χ1v) is 7.29. The molecule has 0 atom stereocenters. The van der Waals surface area contributed by atoms with Crippen LogP contribution in [-0.2, 0) is 10.0 Å². The number of hydrogen-bond acceptors (Lipinski definition) is 4. The summed E-state index contributed by atoms with van der Waals surface area (Å²) < 4.78 is 37.3. The molecule has 0 heterocycles. The maximum absolute atomic E-state index is 12.2. The second kappa shape index (κ2) is 5.16. The van der Waals surface area contributed by atoms with Crippen LogP contribution in [0, 0.1) is 0 Å². The maximum atomic E-state index is 12.2. The highest BCUT2D eigenvalue weighted by Crippen LogP contribution is 2.29. The van der Waals surface area contributed by atoms with Gasteiger partial charge in [0.1, 0.15) is 16.4 Å². The highest BCUT2D eigenvalue weighted by molar-refractivity contribution is 7.89. The standard InChI is InChI=1S/C12H17NO4S/c1-16-10-6-7-11(17-2)12(8-10)18(14,15)13-9-4-3-5-9/h6-9,13H,3-5H2,1-2H3. The third kappa shape index (κ3) is 2.59. The van der Waals surface area contributed by atoms with Gasteiger partial charge < -0.3 is 9.47 Å². The highest BCUT2D eigenvalue weighted by atomic mass is 32.2. The minimum Gasteiger partial charge on any atom is -0.497 e. The van der Waals surface area contributed by atoms with Crippen molar-refractivity contribution in [1.29, 1.82) is 0 Å². The smallest absolute Gasteiger partial charge is 0.244 e. The number of hydrogen-bond donors (Lipinski definition) is 1. The summed E-state index contributed by atoms with van der Waals surface area (Å²) in [5.41, 5.74) is 0. The van der Waals surface area contributed by atoms with E-state index in [2.05, 4.69) is 4.72 Å². The molecule has 0 aromatic heterocycles. The number of rotatable bonds is 5. The molecule has 18 heavy (non-hydrogen) atoms. The van der Waals surface area contributed by atoms with Gasteiger partial charge >= 0.3 is 0 Å². The fourth-order valence-electron chi connectivity index (χ4n) is 1.80. The summed E-state index contributed by atoms with van der Waals surface area (Å²) in [7, 11) is -0.605. The van der Waals surface area contributed by atoms with Crippen LogP contribution < -0.4 is 14.2 Å². The highest BCUT2D eigenvalue weighted by Gasteiger charge is 2.27. The summed E-state index contributed by atoms with van der Waals surface area (Å²) in [5, 5.41) is 0. The van der Waals surface area contributed by atoms with Gasteiger partial charge in [-0.1, -0.05) is 6.42 Å². The predicted molar refractivity (Wildman–Crippen MR) is 67.5 cm³/mol. The van der Waals surface area contributed by atoms with Crippen molar-refractivity contribution in [2.75, 3.05) is 14.2 Å². The van der Waals surface area contributed by atoms with Crippen LogP contribution in [0.3, 0.4) is 0 Å². The van der Waals surface area contributed by atoms with Gasteiger partial charge in [-0.3, -0.25) is 0 Å². The van der Waals surface area contributed by atoms with Crippen molar-refractivity contribution in [3.8, 4) is 11.5 Å². The lowest BCUT2D eigenvalue weighted by molar-refractivity contribution is 0.377. The van der Waals surface area contributed by atoms with Crippen molar-refractivity contribution >= 4 is 10.0 Å². The van der Waals surface area contributed by atoms with E-state index in [1.165, 1.54) is 20.3 Å². The van der Waals surface area contributed by atoms with E-state index in [4.69, 9.17) is 9.47 Å². The Morgan fingerprint density at radius 1 is 1.22 bits per heavy atom. The monoisotopic (exact) mass is 271 g/mol. The molecule has 1 saturated carbocycles. The van der Waals surface area contributed by atoms with Crippen LogP contribution >= 0.6 is 0 Å². The van der Waals surface area contributed by atoms with Crippen LogP contribution in [0.5, 0.6) is 11.5 Å². The summed E-state index contributed by atoms with van der Waals surface area (Å²) in [6, 6.07) is 4.78. The quantitative estimate of drug-likeness (QED) is 0.882. The molecule has 0 spiro atoms. The first kappa shape index (κ1) is 13.2. The minimum absolute atomic E-state index is 0.0471. The molecule has 0 amide bonds. The first-order valence-electron chi connectivity index (χ1n) is 5.81. The average Bonchev–Trinajstić information content (AvgIpc) is 2.33. The van der Waals surface area contributed by atoms with Gasteiger partial charge in [-0.2, -0.15) is 0 Å². The molecule has 0 radical (unpaired) electrons. The third-order valence-electron chi connectivity index (χ3n) is 3.09.